The van der Waals surface area contributed by atoms with Gasteiger partial charge in [-0.05, 0) is 144 Å². The Labute approximate surface area is 514 Å². The molecular formula is C82H75BN4. The lowest BCUT2D eigenvalue weighted by Crippen LogP contribution is -2.61. The topological polar surface area (TPSA) is 16.3 Å². The van der Waals surface area contributed by atoms with E-state index in [1.165, 1.54) is 127 Å². The SMILES string of the molecule is CC(C)(C)c1cc(-c2ccccc2N2c3cc(-n4c5ccccc5c5ccccc54)ccc3B3c4ccc(-n5c6ccccc6c6ccccc65)cc4N(c4ccccc4-c4cc(C(C)(C)C)cc(C(C)(C)C)c4)c4cccc2c43)cc(C(C)(C)C)c1. The summed E-state index contributed by atoms with van der Waals surface area (Å²) in [5.41, 5.74) is 27.7. The summed E-state index contributed by atoms with van der Waals surface area (Å²) in [4.78, 5) is 5.25. The molecule has 0 amide bonds. The molecule has 0 atom stereocenters. The quantitative estimate of drug-likeness (QED) is 0.154. The molecule has 87 heavy (non-hydrogen) atoms. The lowest BCUT2D eigenvalue weighted by molar-refractivity contribution is 0.568. The molecule has 0 bridgehead atoms. The van der Waals surface area contributed by atoms with E-state index in [2.05, 4.69) is 339 Å². The number of hydrogen-bond donors (Lipinski definition) is 0. The van der Waals surface area contributed by atoms with Gasteiger partial charge >= 0.3 is 0 Å². The van der Waals surface area contributed by atoms with Crippen LogP contribution in [-0.2, 0) is 21.7 Å². The molecule has 0 aliphatic carbocycles. The Hall–Kier alpha value is -9.32. The van der Waals surface area contributed by atoms with Gasteiger partial charge in [-0.3, -0.25) is 0 Å². The van der Waals surface area contributed by atoms with Crippen LogP contribution >= 0.6 is 0 Å². The van der Waals surface area contributed by atoms with Crippen molar-refractivity contribution < 1.29 is 0 Å². The third-order valence-corrected chi connectivity index (χ3v) is 18.9. The molecule has 2 aliphatic heterocycles. The summed E-state index contributed by atoms with van der Waals surface area (Å²) in [7, 11) is 0. The maximum absolute atomic E-state index is 2.63. The first-order chi connectivity index (χ1) is 41.7. The number of anilines is 6. The Balaban J connectivity index is 1.05. The second-order valence-electron chi connectivity index (χ2n) is 28.7. The van der Waals surface area contributed by atoms with Gasteiger partial charge in [0.15, 0.2) is 0 Å². The number of hydrogen-bond acceptors (Lipinski definition) is 2. The van der Waals surface area contributed by atoms with Crippen LogP contribution in [0.4, 0.5) is 34.1 Å². The average Bonchev–Trinajstić information content (AvgIpc) is 1.09. The molecule has 0 saturated carbocycles. The first kappa shape index (κ1) is 54.3. The summed E-state index contributed by atoms with van der Waals surface area (Å²) in [6, 6.07) is 90.5. The van der Waals surface area contributed by atoms with E-state index in [0.717, 1.165) is 22.7 Å². The van der Waals surface area contributed by atoms with Crippen molar-refractivity contribution in [1.82, 2.24) is 9.13 Å². The van der Waals surface area contributed by atoms with Gasteiger partial charge in [0.05, 0.1) is 33.4 Å². The Morgan fingerprint density at radius 3 is 0.897 bits per heavy atom. The highest BCUT2D eigenvalue weighted by Gasteiger charge is 2.44. The van der Waals surface area contributed by atoms with Crippen LogP contribution in [0, 0.1) is 0 Å². The highest BCUT2D eigenvalue weighted by molar-refractivity contribution is 7.00. The van der Waals surface area contributed by atoms with Crippen molar-refractivity contribution in [3.63, 3.8) is 0 Å². The molecule has 4 nitrogen and oxygen atoms in total. The van der Waals surface area contributed by atoms with Gasteiger partial charge in [0.25, 0.3) is 6.71 Å². The summed E-state index contributed by atoms with van der Waals surface area (Å²) >= 11 is 0. The van der Waals surface area contributed by atoms with Crippen molar-refractivity contribution in [2.24, 2.45) is 0 Å². The fourth-order valence-electron chi connectivity index (χ4n) is 14.2. The molecule has 0 saturated heterocycles. The van der Waals surface area contributed by atoms with Crippen LogP contribution in [0.25, 0.3) is 77.2 Å². The first-order valence-electron chi connectivity index (χ1n) is 31.2. The third kappa shape index (κ3) is 8.78. The van der Waals surface area contributed by atoms with Crippen molar-refractivity contribution in [3.05, 3.63) is 259 Å². The Kier molecular flexibility index (Phi) is 12.2. The molecule has 13 aromatic rings. The minimum Gasteiger partial charge on any atom is -0.311 e. The number of nitrogens with zero attached hydrogens (tertiary/aromatic N) is 4. The molecule has 11 aromatic carbocycles. The zero-order chi connectivity index (χ0) is 60.1. The predicted octanol–water partition coefficient (Wildman–Crippen LogP) is 20.5. The minimum absolute atomic E-state index is 0.0669. The zero-order valence-corrected chi connectivity index (χ0v) is 52.4. The van der Waals surface area contributed by atoms with Crippen LogP contribution in [0.5, 0.6) is 0 Å². The van der Waals surface area contributed by atoms with Crippen LogP contribution in [0.3, 0.4) is 0 Å². The second kappa shape index (κ2) is 19.6. The van der Waals surface area contributed by atoms with Gasteiger partial charge in [0.1, 0.15) is 0 Å². The van der Waals surface area contributed by atoms with E-state index >= 15 is 0 Å². The summed E-state index contributed by atoms with van der Waals surface area (Å²) < 4.78 is 4.96. The fourth-order valence-corrected chi connectivity index (χ4v) is 14.2. The Bertz CT molecular complexity index is 4470. The van der Waals surface area contributed by atoms with Crippen molar-refractivity contribution in [2.75, 3.05) is 9.80 Å². The standard InChI is InChI=1S/C82H75BN4/c1-79(2,3)54-44-52(45-55(48-54)80(4,5)6)60-26-13-19-32-68(60)86-74-38-25-39-75-78(74)83(66-42-40-58(50-76(66)86)84-70-34-21-15-28-62(70)63-29-16-22-35-71(63)84)67-43-41-59(85-72-36-23-17-30-64(72)65-31-18-24-37-73(65)85)51-77(67)87(75)69-33-20-14-27-61(69)53-46-56(81(7,8)9)49-57(47-53)82(10,11)12/h13-51H,1-12H3. The molecule has 4 heterocycles. The highest BCUT2D eigenvalue weighted by atomic mass is 15.2. The van der Waals surface area contributed by atoms with E-state index in [1.807, 2.05) is 0 Å². The van der Waals surface area contributed by atoms with Gasteiger partial charge in [0.2, 0.25) is 0 Å². The number of rotatable bonds is 6. The zero-order valence-electron chi connectivity index (χ0n) is 52.4. The predicted molar refractivity (Wildman–Crippen MR) is 375 cm³/mol. The van der Waals surface area contributed by atoms with E-state index in [0.29, 0.717) is 0 Å². The summed E-state index contributed by atoms with van der Waals surface area (Å²) in [6.45, 7) is 28.0. The maximum atomic E-state index is 2.63. The van der Waals surface area contributed by atoms with Crippen LogP contribution in [0.15, 0.2) is 237 Å². The maximum Gasteiger partial charge on any atom is 0.252 e. The fraction of sp³-hybridized carbons (Fsp3) is 0.195. The summed E-state index contributed by atoms with van der Waals surface area (Å²) in [5.74, 6) is 0. The molecule has 2 aliphatic rings. The van der Waals surface area contributed by atoms with Gasteiger partial charge in [0, 0.05) is 66.8 Å². The van der Waals surface area contributed by atoms with E-state index < -0.39 is 0 Å². The Morgan fingerprint density at radius 1 is 0.264 bits per heavy atom. The number of fused-ring (bicyclic) bond motifs is 10. The van der Waals surface area contributed by atoms with E-state index in [4.69, 9.17) is 0 Å². The van der Waals surface area contributed by atoms with Crippen molar-refractivity contribution >= 4 is 101 Å². The second-order valence-corrected chi connectivity index (χ2v) is 28.7. The van der Waals surface area contributed by atoms with Crippen LogP contribution in [0.1, 0.15) is 105 Å². The minimum atomic E-state index is -0.124. The van der Waals surface area contributed by atoms with Crippen LogP contribution in [-0.4, -0.2) is 15.8 Å². The molecule has 0 radical (unpaired) electrons. The van der Waals surface area contributed by atoms with Crippen LogP contribution < -0.4 is 26.2 Å². The lowest BCUT2D eigenvalue weighted by atomic mass is 9.33. The van der Waals surface area contributed by atoms with E-state index in [9.17, 15) is 0 Å². The van der Waals surface area contributed by atoms with E-state index in [-0.39, 0.29) is 28.4 Å². The number of benzene rings is 11. The van der Waals surface area contributed by atoms with Gasteiger partial charge in [-0.25, -0.2) is 0 Å². The number of para-hydroxylation sites is 6. The molecule has 0 spiro atoms. The van der Waals surface area contributed by atoms with Crippen LogP contribution in [0.2, 0.25) is 0 Å². The number of aromatic nitrogens is 2. The Morgan fingerprint density at radius 2 is 0.563 bits per heavy atom. The molecule has 2 aromatic heterocycles. The monoisotopic (exact) mass is 1130 g/mol. The summed E-state index contributed by atoms with van der Waals surface area (Å²) in [6.07, 6.45) is 0. The normalized spacial score (nSPS) is 13.4. The smallest absolute Gasteiger partial charge is 0.252 e. The summed E-state index contributed by atoms with van der Waals surface area (Å²) in [5, 5.41) is 4.99. The van der Waals surface area contributed by atoms with Crippen molar-refractivity contribution in [1.29, 1.82) is 0 Å². The largest absolute Gasteiger partial charge is 0.311 e. The van der Waals surface area contributed by atoms with Crippen molar-refractivity contribution in [3.8, 4) is 33.6 Å². The van der Waals surface area contributed by atoms with Gasteiger partial charge in [-0.15, -0.1) is 0 Å². The van der Waals surface area contributed by atoms with E-state index in [1.54, 1.807) is 0 Å². The molecule has 15 rings (SSSR count). The molecule has 0 fully saturated rings. The van der Waals surface area contributed by atoms with Gasteiger partial charge in [-0.1, -0.05) is 247 Å². The average molecular weight is 1130 g/mol. The highest BCUT2D eigenvalue weighted by Crippen LogP contribution is 2.50. The molecule has 0 N–H and O–H groups in total. The first-order valence-corrected chi connectivity index (χ1v) is 31.2. The molecular weight excluding hydrogens is 1050 g/mol. The van der Waals surface area contributed by atoms with Crippen molar-refractivity contribution in [2.45, 2.75) is 105 Å². The molecule has 0 unspecified atom stereocenters. The lowest BCUT2D eigenvalue weighted by Gasteiger charge is -2.45. The molecule has 426 valence electrons. The molecule has 5 heteroatoms. The van der Waals surface area contributed by atoms with Gasteiger partial charge < -0.3 is 18.9 Å². The third-order valence-electron chi connectivity index (χ3n) is 18.9. The van der Waals surface area contributed by atoms with Gasteiger partial charge in [-0.2, -0.15) is 0 Å².